The average Bonchev–Trinajstić information content (AvgIpc) is 2.72. The molecule has 4 rings (SSSR count). The molecule has 0 radical (unpaired) electrons. The number of carbonyl (C=O) groups is 1. The van der Waals surface area contributed by atoms with E-state index in [1.54, 1.807) is 4.90 Å². The lowest BCUT2D eigenvalue weighted by atomic mass is 9.77. The summed E-state index contributed by atoms with van der Waals surface area (Å²) in [6.45, 7) is 0.406. The maximum atomic E-state index is 13.5. The number of anilines is 1. The van der Waals surface area contributed by atoms with Gasteiger partial charge in [-0.3, -0.25) is 4.79 Å². The summed E-state index contributed by atoms with van der Waals surface area (Å²) in [5.41, 5.74) is 1.39. The van der Waals surface area contributed by atoms with Crippen LogP contribution in [-0.2, 0) is 21.7 Å². The number of hydrogen-bond acceptors (Lipinski definition) is 3. The molecule has 0 spiro atoms. The van der Waals surface area contributed by atoms with E-state index in [1.807, 2.05) is 72.8 Å². The van der Waals surface area contributed by atoms with Crippen LogP contribution in [0, 0.1) is 3.57 Å². The summed E-state index contributed by atoms with van der Waals surface area (Å²) in [5, 5.41) is 11.9. The van der Waals surface area contributed by atoms with Gasteiger partial charge < -0.3 is 14.7 Å². The average molecular weight is 564 g/mol. The van der Waals surface area contributed by atoms with Gasteiger partial charge >= 0.3 is 0 Å². The molecule has 3 aromatic rings. The van der Waals surface area contributed by atoms with Crippen molar-refractivity contribution in [3.8, 4) is 0 Å². The molecule has 4 nitrogen and oxygen atoms in total. The molecule has 1 heterocycles. The smallest absolute Gasteiger partial charge is 0.260 e. The van der Waals surface area contributed by atoms with Crippen molar-refractivity contribution in [1.82, 2.24) is 0 Å². The van der Waals surface area contributed by atoms with Gasteiger partial charge in [0, 0.05) is 20.7 Å². The van der Waals surface area contributed by atoms with E-state index in [4.69, 9.17) is 4.74 Å². The number of halogens is 2. The highest BCUT2D eigenvalue weighted by Gasteiger charge is 2.52. The SMILES string of the molecule is COC1C(=O)N(Cc2cccc(I)c2)c2ccccc2C1(O)c1ccc(Br)cc1. The molecule has 0 fully saturated rings. The minimum Gasteiger partial charge on any atom is -0.377 e. The van der Waals surface area contributed by atoms with Crippen molar-refractivity contribution in [2.24, 2.45) is 0 Å². The molecule has 0 saturated carbocycles. The maximum absolute atomic E-state index is 13.5. The van der Waals surface area contributed by atoms with Gasteiger partial charge in [-0.15, -0.1) is 0 Å². The summed E-state index contributed by atoms with van der Waals surface area (Å²) in [6, 6.07) is 22.8. The second-order valence-electron chi connectivity index (χ2n) is 6.96. The number of hydrogen-bond donors (Lipinski definition) is 1. The topological polar surface area (TPSA) is 49.8 Å². The lowest BCUT2D eigenvalue weighted by Gasteiger charge is -2.44. The summed E-state index contributed by atoms with van der Waals surface area (Å²) >= 11 is 5.69. The lowest BCUT2D eigenvalue weighted by Crippen LogP contribution is -2.57. The zero-order valence-electron chi connectivity index (χ0n) is 15.7. The van der Waals surface area contributed by atoms with Crippen LogP contribution in [0.15, 0.2) is 77.3 Å². The molecule has 0 bridgehead atoms. The fourth-order valence-corrected chi connectivity index (χ4v) is 4.75. The van der Waals surface area contributed by atoms with Crippen molar-refractivity contribution in [1.29, 1.82) is 0 Å². The Kier molecular flexibility index (Phi) is 5.79. The van der Waals surface area contributed by atoms with Crippen molar-refractivity contribution >= 4 is 50.1 Å². The van der Waals surface area contributed by atoms with E-state index in [0.717, 1.165) is 13.6 Å². The van der Waals surface area contributed by atoms with E-state index in [0.29, 0.717) is 23.4 Å². The number of benzene rings is 3. The Hall–Kier alpha value is -1.74. The molecular weight excluding hydrogens is 545 g/mol. The van der Waals surface area contributed by atoms with E-state index in [1.165, 1.54) is 7.11 Å². The van der Waals surface area contributed by atoms with Gasteiger partial charge in [0.2, 0.25) is 0 Å². The Labute approximate surface area is 191 Å². The third-order valence-corrected chi connectivity index (χ3v) is 6.42. The molecule has 0 aliphatic carbocycles. The minimum atomic E-state index is -1.58. The summed E-state index contributed by atoms with van der Waals surface area (Å²) in [5.74, 6) is -0.268. The quantitative estimate of drug-likeness (QED) is 0.462. The van der Waals surface area contributed by atoms with Gasteiger partial charge in [0.1, 0.15) is 0 Å². The van der Waals surface area contributed by atoms with E-state index >= 15 is 0 Å². The van der Waals surface area contributed by atoms with Crippen LogP contribution in [0.4, 0.5) is 5.69 Å². The first-order chi connectivity index (χ1) is 13.9. The number of ether oxygens (including phenoxy) is 1. The highest BCUT2D eigenvalue weighted by molar-refractivity contribution is 14.1. The van der Waals surface area contributed by atoms with E-state index in [9.17, 15) is 9.90 Å². The van der Waals surface area contributed by atoms with E-state index < -0.39 is 11.7 Å². The number of amides is 1. The molecule has 148 valence electrons. The minimum absolute atomic E-state index is 0.268. The number of nitrogens with zero attached hydrogens (tertiary/aromatic N) is 1. The van der Waals surface area contributed by atoms with Crippen LogP contribution in [0.3, 0.4) is 0 Å². The molecule has 3 aromatic carbocycles. The number of carbonyl (C=O) groups excluding carboxylic acids is 1. The summed E-state index contributed by atoms with van der Waals surface area (Å²) < 4.78 is 7.60. The van der Waals surface area contributed by atoms with Crippen LogP contribution in [0.25, 0.3) is 0 Å². The molecule has 6 heteroatoms. The second-order valence-corrected chi connectivity index (χ2v) is 9.12. The van der Waals surface area contributed by atoms with Crippen molar-refractivity contribution < 1.29 is 14.6 Å². The van der Waals surface area contributed by atoms with Gasteiger partial charge in [-0.05, 0) is 64.0 Å². The van der Waals surface area contributed by atoms with Crippen LogP contribution in [0.5, 0.6) is 0 Å². The van der Waals surface area contributed by atoms with Gasteiger partial charge in [0.25, 0.3) is 5.91 Å². The molecule has 29 heavy (non-hydrogen) atoms. The first-order valence-electron chi connectivity index (χ1n) is 9.11. The van der Waals surface area contributed by atoms with Gasteiger partial charge in [0.05, 0.1) is 12.2 Å². The van der Waals surface area contributed by atoms with Crippen molar-refractivity contribution in [3.05, 3.63) is 97.5 Å². The fraction of sp³-hybridized carbons (Fsp3) is 0.174. The molecule has 1 aliphatic rings. The molecule has 1 amide bonds. The zero-order chi connectivity index (χ0) is 20.6. The Morgan fingerprint density at radius 2 is 1.83 bits per heavy atom. The number of fused-ring (bicyclic) bond motifs is 1. The maximum Gasteiger partial charge on any atom is 0.260 e. The normalized spacial score (nSPS) is 21.2. The Bertz CT molecular complexity index is 1060. The van der Waals surface area contributed by atoms with Crippen molar-refractivity contribution in [2.75, 3.05) is 12.0 Å². The van der Waals surface area contributed by atoms with Gasteiger partial charge in [-0.1, -0.05) is 58.4 Å². The highest BCUT2D eigenvalue weighted by atomic mass is 127. The lowest BCUT2D eigenvalue weighted by molar-refractivity contribution is -0.145. The largest absolute Gasteiger partial charge is 0.377 e. The molecular formula is C23H19BrINO3. The van der Waals surface area contributed by atoms with Gasteiger partial charge in [-0.2, -0.15) is 0 Å². The van der Waals surface area contributed by atoms with Crippen molar-refractivity contribution in [2.45, 2.75) is 18.2 Å². The first-order valence-corrected chi connectivity index (χ1v) is 11.0. The molecule has 0 aromatic heterocycles. The summed E-state index contributed by atoms with van der Waals surface area (Å²) in [7, 11) is 1.46. The third-order valence-electron chi connectivity index (χ3n) is 5.22. The van der Waals surface area contributed by atoms with Crippen LogP contribution in [0.1, 0.15) is 16.7 Å². The highest BCUT2D eigenvalue weighted by Crippen LogP contribution is 2.45. The summed E-state index contributed by atoms with van der Waals surface area (Å²) in [4.78, 5) is 15.2. The number of methoxy groups -OCH3 is 1. The predicted molar refractivity (Wildman–Crippen MR) is 125 cm³/mol. The molecule has 1 N–H and O–H groups in total. The van der Waals surface area contributed by atoms with Gasteiger partial charge in [0.15, 0.2) is 11.7 Å². The van der Waals surface area contributed by atoms with Crippen LogP contribution >= 0.6 is 38.5 Å². The van der Waals surface area contributed by atoms with Gasteiger partial charge in [-0.25, -0.2) is 0 Å². The molecule has 2 unspecified atom stereocenters. The monoisotopic (exact) mass is 563 g/mol. The zero-order valence-corrected chi connectivity index (χ0v) is 19.4. The second kappa shape index (κ2) is 8.18. The Morgan fingerprint density at radius 1 is 1.10 bits per heavy atom. The standard InChI is InChI=1S/C23H19BrINO3/c1-29-21-22(27)26(14-15-5-4-6-18(25)13-15)20-8-3-2-7-19(20)23(21,28)16-9-11-17(24)12-10-16/h2-13,21,28H,14H2,1H3. The Morgan fingerprint density at radius 3 is 2.52 bits per heavy atom. The van der Waals surface area contributed by atoms with Crippen LogP contribution in [-0.4, -0.2) is 24.2 Å². The first kappa shape index (κ1) is 20.5. The summed E-state index contributed by atoms with van der Waals surface area (Å²) in [6.07, 6.45) is -1.05. The van der Waals surface area contributed by atoms with Crippen molar-refractivity contribution in [3.63, 3.8) is 0 Å². The number of rotatable bonds is 4. The Balaban J connectivity index is 1.86. The van der Waals surface area contributed by atoms with Crippen LogP contribution in [0.2, 0.25) is 0 Å². The fourth-order valence-electron chi connectivity index (χ4n) is 3.87. The third kappa shape index (κ3) is 3.63. The molecule has 2 atom stereocenters. The van der Waals surface area contributed by atoms with Crippen LogP contribution < -0.4 is 4.90 Å². The number of aliphatic hydroxyl groups is 1. The molecule has 1 aliphatic heterocycles. The number of para-hydroxylation sites is 1. The van der Waals surface area contributed by atoms with E-state index in [-0.39, 0.29) is 5.91 Å². The predicted octanol–water partition coefficient (Wildman–Crippen LogP) is 4.85. The van der Waals surface area contributed by atoms with E-state index in [2.05, 4.69) is 38.5 Å². The molecule has 0 saturated heterocycles.